The fourth-order valence-electron chi connectivity index (χ4n) is 12.6. The molecule has 2 aliphatic carbocycles. The number of aromatic amines is 1. The number of piperidine rings is 1. The standard InChI is InChI=1S/C53H66N2O14/c1-3-66-52(63)51-39(26-60)45-32-16-35(25-59)47(62)37(19-32)36-18-31-9-11-54-43(31)20-30(36)8-7-29(23-57)28-67-49-38-21-44(68-48(38)40(27-61)50(69-51)46(45)49)53(64)41(6-4-14-56)34(24-58)17-33-22-55(12-5-15-65-2)13-10-42(33)53/h9,11,17-18,20,26,29,33,35,37,41-42,44,54,56-59,61,64H,3-8,10,12-16,19,21-25,27-28H2,1-2H3/b45-32-/t29-,33+,35+,37+,41-,42+,44-,53+/m0/s1. The van der Waals surface area contributed by atoms with Crippen molar-refractivity contribution in [2.45, 2.75) is 88.9 Å². The van der Waals surface area contributed by atoms with Crippen LogP contribution < -0.4 is 14.2 Å². The highest BCUT2D eigenvalue weighted by molar-refractivity contribution is 6.11. The van der Waals surface area contributed by atoms with E-state index in [-0.39, 0.29) is 109 Å². The van der Waals surface area contributed by atoms with E-state index in [0.717, 1.165) is 35.0 Å². The van der Waals surface area contributed by atoms with Gasteiger partial charge in [-0.15, -0.1) is 0 Å². The predicted molar refractivity (Wildman–Crippen MR) is 252 cm³/mol. The maximum Gasteiger partial charge on any atom is 0.375 e. The van der Waals surface area contributed by atoms with Gasteiger partial charge in [0.15, 0.2) is 6.29 Å². The quantitative estimate of drug-likeness (QED) is 0.0496. The summed E-state index contributed by atoms with van der Waals surface area (Å²) in [5, 5.41) is 69.0. The second-order valence-electron chi connectivity index (χ2n) is 19.6. The van der Waals surface area contributed by atoms with Gasteiger partial charge in [-0.3, -0.25) is 9.59 Å². The molecule has 0 amide bonds. The van der Waals surface area contributed by atoms with Crippen molar-refractivity contribution in [3.8, 4) is 17.2 Å². The SMILES string of the molecule is CCOC(=O)C1=C(C=O)/C2=C3\C[C@H](CO)C(=O)[C@H](C3)c3cc4cc[nH]c4cc3CC[C@@H](CO)COc3c4c(c(CO)c(c32)O1)O[C@H]([C@]1(O)[C@@H]2CCN(CCCOC)C[C@H]2C=C(CO)[C@@H]1CCCO)C4. The van der Waals surface area contributed by atoms with Crippen LogP contribution in [0, 0.1) is 29.6 Å². The van der Waals surface area contributed by atoms with Crippen molar-refractivity contribution in [3.63, 3.8) is 0 Å². The first-order valence-corrected chi connectivity index (χ1v) is 24.7. The molecule has 16 nitrogen and oxygen atoms in total. The Balaban J connectivity index is 1.25. The molecule has 2 bridgehead atoms. The highest BCUT2D eigenvalue weighted by Crippen LogP contribution is 2.59. The first-order chi connectivity index (χ1) is 33.6. The molecule has 0 spiro atoms. The highest BCUT2D eigenvalue weighted by Gasteiger charge is 2.59. The first-order valence-electron chi connectivity index (χ1n) is 24.7. The van der Waals surface area contributed by atoms with E-state index in [1.54, 1.807) is 14.0 Å². The lowest BCUT2D eigenvalue weighted by Crippen LogP contribution is -2.63. The molecule has 2 fully saturated rings. The number of methoxy groups -OCH3 is 1. The number of carbonyl (C=O) groups excluding carboxylic acids is 3. The largest absolute Gasteiger partial charge is 0.492 e. The molecule has 4 aliphatic heterocycles. The minimum atomic E-state index is -1.60. The Labute approximate surface area is 401 Å². The molecule has 372 valence electrons. The number of esters is 1. The molecule has 2 aromatic carbocycles. The van der Waals surface area contributed by atoms with E-state index in [1.807, 2.05) is 24.4 Å². The number of rotatable bonds is 15. The minimum absolute atomic E-state index is 0.0158. The number of ether oxygens (including phenoxy) is 5. The van der Waals surface area contributed by atoms with Gasteiger partial charge in [0.1, 0.15) is 34.7 Å². The van der Waals surface area contributed by atoms with Crippen LogP contribution in [0.1, 0.15) is 85.6 Å². The van der Waals surface area contributed by atoms with Crippen LogP contribution in [-0.4, -0.2) is 143 Å². The van der Waals surface area contributed by atoms with Gasteiger partial charge in [0.2, 0.25) is 5.76 Å². The van der Waals surface area contributed by atoms with Gasteiger partial charge in [0.25, 0.3) is 0 Å². The van der Waals surface area contributed by atoms with Crippen molar-refractivity contribution in [3.05, 3.63) is 80.8 Å². The van der Waals surface area contributed by atoms with E-state index in [4.69, 9.17) is 23.7 Å². The molecular weight excluding hydrogens is 889 g/mol. The number of aldehydes is 1. The Bertz CT molecular complexity index is 2540. The maximum atomic E-state index is 14.6. The normalized spacial score (nSPS) is 29.0. The molecule has 0 radical (unpaired) electrons. The molecule has 0 unspecified atom stereocenters. The van der Waals surface area contributed by atoms with Gasteiger partial charge in [-0.1, -0.05) is 11.6 Å². The second kappa shape index (κ2) is 20.8. The summed E-state index contributed by atoms with van der Waals surface area (Å²) in [6.45, 7) is 2.49. The number of aryl methyl sites for hydroxylation is 1. The molecule has 1 saturated carbocycles. The van der Waals surface area contributed by atoms with Gasteiger partial charge in [-0.25, -0.2) is 4.79 Å². The molecule has 69 heavy (non-hydrogen) atoms. The average molecular weight is 955 g/mol. The summed E-state index contributed by atoms with van der Waals surface area (Å²) in [4.78, 5) is 47.9. The fourth-order valence-corrected chi connectivity index (χ4v) is 12.6. The molecule has 8 atom stereocenters. The van der Waals surface area contributed by atoms with Crippen LogP contribution in [0.2, 0.25) is 0 Å². The lowest BCUT2D eigenvalue weighted by Gasteiger charge is -2.54. The number of allylic oxidation sites excluding steroid dienone is 3. The van der Waals surface area contributed by atoms with Crippen molar-refractivity contribution in [2.24, 2.45) is 29.6 Å². The second-order valence-corrected chi connectivity index (χ2v) is 19.6. The molecular formula is C53H66N2O14. The fraction of sp³-hybridized carbons (Fsp3) is 0.566. The number of fused-ring (bicyclic) bond motifs is 8. The van der Waals surface area contributed by atoms with Gasteiger partial charge in [-0.2, -0.15) is 0 Å². The van der Waals surface area contributed by atoms with Gasteiger partial charge in [0.05, 0.1) is 49.7 Å². The Morgan fingerprint density at radius 2 is 1.87 bits per heavy atom. The molecule has 7 N–H and O–H groups in total. The monoisotopic (exact) mass is 954 g/mol. The lowest BCUT2D eigenvalue weighted by atomic mass is 9.58. The van der Waals surface area contributed by atoms with Gasteiger partial charge < -0.3 is 64.2 Å². The third-order valence-electron chi connectivity index (χ3n) is 15.8. The molecule has 3 aromatic rings. The number of likely N-dealkylation sites (tertiary alicyclic amines) is 1. The van der Waals surface area contributed by atoms with Gasteiger partial charge in [-0.05, 0) is 111 Å². The van der Waals surface area contributed by atoms with Crippen molar-refractivity contribution in [1.82, 2.24) is 9.88 Å². The zero-order valence-corrected chi connectivity index (χ0v) is 39.5. The molecule has 9 rings (SSSR count). The number of benzene rings is 2. The van der Waals surface area contributed by atoms with Crippen LogP contribution >= 0.6 is 0 Å². The van der Waals surface area contributed by atoms with E-state index in [1.165, 1.54) is 0 Å². The van der Waals surface area contributed by atoms with Crippen LogP contribution in [0.5, 0.6) is 17.2 Å². The Hall–Kier alpha value is -4.91. The summed E-state index contributed by atoms with van der Waals surface area (Å²) >= 11 is 0. The number of aliphatic hydroxyl groups is 6. The number of Topliss-reactive ketones (excluding diaryl/α,β-unsaturated/α-hetero) is 1. The summed E-state index contributed by atoms with van der Waals surface area (Å²) in [6, 6.07) is 5.94. The van der Waals surface area contributed by atoms with E-state index in [2.05, 4.69) is 16.0 Å². The van der Waals surface area contributed by atoms with E-state index in [9.17, 15) is 45.0 Å². The van der Waals surface area contributed by atoms with Crippen molar-refractivity contribution in [2.75, 3.05) is 73.0 Å². The Morgan fingerprint density at radius 3 is 2.59 bits per heavy atom. The predicted octanol–water partition coefficient (Wildman–Crippen LogP) is 3.84. The number of hydrogen-bond donors (Lipinski definition) is 7. The van der Waals surface area contributed by atoms with Gasteiger partial charge >= 0.3 is 5.97 Å². The number of ketones is 1. The summed E-state index contributed by atoms with van der Waals surface area (Å²) in [7, 11) is 1.68. The Kier molecular flexibility index (Phi) is 14.8. The van der Waals surface area contributed by atoms with E-state index < -0.39 is 60.3 Å². The molecule has 1 saturated heterocycles. The first kappa shape index (κ1) is 49.1. The number of H-pyrrole nitrogens is 1. The average Bonchev–Trinajstić information content (AvgIpc) is 4.03. The van der Waals surface area contributed by atoms with Crippen LogP contribution in [0.25, 0.3) is 16.5 Å². The van der Waals surface area contributed by atoms with E-state index >= 15 is 0 Å². The third-order valence-corrected chi connectivity index (χ3v) is 15.8. The minimum Gasteiger partial charge on any atom is -0.492 e. The van der Waals surface area contributed by atoms with Crippen LogP contribution in [-0.2, 0) is 43.3 Å². The highest BCUT2D eigenvalue weighted by atomic mass is 16.6. The molecule has 5 heterocycles. The smallest absolute Gasteiger partial charge is 0.375 e. The van der Waals surface area contributed by atoms with Crippen molar-refractivity contribution in [1.29, 1.82) is 0 Å². The topological polar surface area (TPSA) is 238 Å². The molecule has 16 heteroatoms. The van der Waals surface area contributed by atoms with Crippen LogP contribution in [0.4, 0.5) is 0 Å². The summed E-state index contributed by atoms with van der Waals surface area (Å²) in [5.74, 6) is -4.32. The zero-order valence-electron chi connectivity index (χ0n) is 39.5. The van der Waals surface area contributed by atoms with E-state index in [0.29, 0.717) is 74.8 Å². The lowest BCUT2D eigenvalue weighted by molar-refractivity contribution is -0.159. The number of nitrogens with one attached hydrogen (secondary N) is 1. The van der Waals surface area contributed by atoms with Crippen LogP contribution in [0.15, 0.2) is 53.0 Å². The third kappa shape index (κ3) is 8.74. The van der Waals surface area contributed by atoms with Crippen LogP contribution in [0.3, 0.4) is 0 Å². The number of aromatic nitrogens is 1. The number of aliphatic hydroxyl groups excluding tert-OH is 5. The summed E-state index contributed by atoms with van der Waals surface area (Å²) in [6.07, 6.45) is 6.79. The zero-order chi connectivity index (χ0) is 48.6. The maximum absolute atomic E-state index is 14.6. The van der Waals surface area contributed by atoms with Gasteiger partial charge in [0, 0.05) is 98.9 Å². The number of nitrogens with zero attached hydrogens (tertiary/aromatic N) is 1. The summed E-state index contributed by atoms with van der Waals surface area (Å²) < 4.78 is 31.3. The number of carbonyl (C=O) groups is 3. The number of hydrogen-bond acceptors (Lipinski definition) is 15. The Morgan fingerprint density at radius 1 is 1.03 bits per heavy atom. The molecule has 1 aromatic heterocycles. The summed E-state index contributed by atoms with van der Waals surface area (Å²) in [5.41, 5.74) is 3.15. The molecule has 6 aliphatic rings. The van der Waals surface area contributed by atoms with Crippen molar-refractivity contribution >= 4 is 34.5 Å². The van der Waals surface area contributed by atoms with Crippen molar-refractivity contribution < 1.29 is 68.7 Å².